The second kappa shape index (κ2) is 8.63. The standard InChI is InChI=1S/C24H21NO4S/c1-3-29-22-17(10-7-13-20(22)28-2)14-21-23(26)25(24(27)30-21)15-18-11-6-9-16-8-4-5-12-19(16)18/h4-14H,3,15H2,1-2H3/b21-14-. The Hall–Kier alpha value is -3.25. The van der Waals surface area contributed by atoms with Crippen molar-refractivity contribution in [1.29, 1.82) is 0 Å². The molecule has 0 unspecified atom stereocenters. The molecule has 2 amide bonds. The molecular weight excluding hydrogens is 398 g/mol. The summed E-state index contributed by atoms with van der Waals surface area (Å²) in [5.41, 5.74) is 1.64. The van der Waals surface area contributed by atoms with Crippen LogP contribution < -0.4 is 9.47 Å². The van der Waals surface area contributed by atoms with Crippen LogP contribution in [0.4, 0.5) is 4.79 Å². The summed E-state index contributed by atoms with van der Waals surface area (Å²) < 4.78 is 11.1. The highest BCUT2D eigenvalue weighted by atomic mass is 32.2. The molecule has 0 atom stereocenters. The van der Waals surface area contributed by atoms with Gasteiger partial charge in [-0.05, 0) is 47.2 Å². The van der Waals surface area contributed by atoms with E-state index >= 15 is 0 Å². The van der Waals surface area contributed by atoms with Crippen molar-refractivity contribution in [2.24, 2.45) is 0 Å². The second-order valence-electron chi connectivity index (χ2n) is 6.72. The first-order valence-electron chi connectivity index (χ1n) is 9.64. The van der Waals surface area contributed by atoms with Crippen molar-refractivity contribution in [3.63, 3.8) is 0 Å². The number of thioether (sulfide) groups is 1. The maximum atomic E-state index is 13.0. The maximum Gasteiger partial charge on any atom is 0.293 e. The lowest BCUT2D eigenvalue weighted by atomic mass is 10.0. The number of carbonyl (C=O) groups excluding carboxylic acids is 2. The Balaban J connectivity index is 1.65. The number of amides is 2. The Morgan fingerprint density at radius 1 is 1.00 bits per heavy atom. The van der Waals surface area contributed by atoms with Gasteiger partial charge in [0, 0.05) is 5.56 Å². The Morgan fingerprint density at radius 2 is 1.77 bits per heavy atom. The zero-order chi connectivity index (χ0) is 21.1. The van der Waals surface area contributed by atoms with E-state index in [0.29, 0.717) is 28.6 Å². The zero-order valence-corrected chi connectivity index (χ0v) is 17.6. The molecular formula is C24H21NO4S. The summed E-state index contributed by atoms with van der Waals surface area (Å²) in [6, 6.07) is 19.3. The molecule has 0 aromatic heterocycles. The van der Waals surface area contributed by atoms with Gasteiger partial charge in [0.2, 0.25) is 0 Å². The van der Waals surface area contributed by atoms with Crippen LogP contribution in [-0.2, 0) is 11.3 Å². The third-order valence-corrected chi connectivity index (χ3v) is 5.79. The van der Waals surface area contributed by atoms with Crippen LogP contribution in [0.1, 0.15) is 18.1 Å². The van der Waals surface area contributed by atoms with Crippen molar-refractivity contribution in [2.75, 3.05) is 13.7 Å². The van der Waals surface area contributed by atoms with E-state index in [1.54, 1.807) is 19.3 Å². The van der Waals surface area contributed by atoms with E-state index in [1.807, 2.05) is 61.5 Å². The molecule has 0 N–H and O–H groups in total. The van der Waals surface area contributed by atoms with Crippen molar-refractivity contribution in [3.8, 4) is 11.5 Å². The normalized spacial score (nSPS) is 15.3. The van der Waals surface area contributed by atoms with Crippen LogP contribution >= 0.6 is 11.8 Å². The monoisotopic (exact) mass is 419 g/mol. The fourth-order valence-corrected chi connectivity index (χ4v) is 4.31. The molecule has 1 saturated heterocycles. The van der Waals surface area contributed by atoms with Gasteiger partial charge in [0.1, 0.15) is 0 Å². The number of fused-ring (bicyclic) bond motifs is 1. The topological polar surface area (TPSA) is 55.8 Å². The number of imide groups is 1. The van der Waals surface area contributed by atoms with E-state index < -0.39 is 0 Å². The number of methoxy groups -OCH3 is 1. The minimum atomic E-state index is -0.303. The molecule has 1 heterocycles. The molecule has 0 saturated carbocycles. The smallest absolute Gasteiger partial charge is 0.293 e. The number of hydrogen-bond acceptors (Lipinski definition) is 5. The van der Waals surface area contributed by atoms with Gasteiger partial charge in [-0.15, -0.1) is 0 Å². The molecule has 4 rings (SSSR count). The fraction of sp³-hybridized carbons (Fsp3) is 0.167. The molecule has 3 aromatic rings. The van der Waals surface area contributed by atoms with Crippen LogP contribution in [0, 0.1) is 0 Å². The molecule has 3 aromatic carbocycles. The summed E-state index contributed by atoms with van der Waals surface area (Å²) in [7, 11) is 1.57. The third-order valence-electron chi connectivity index (χ3n) is 4.89. The Bertz CT molecular complexity index is 1150. The minimum absolute atomic E-state index is 0.236. The molecule has 1 fully saturated rings. The third kappa shape index (κ3) is 3.78. The van der Waals surface area contributed by atoms with Crippen LogP contribution in [0.5, 0.6) is 11.5 Å². The number of benzene rings is 3. The quantitative estimate of drug-likeness (QED) is 0.495. The second-order valence-corrected chi connectivity index (χ2v) is 7.71. The first kappa shape index (κ1) is 20.0. The Morgan fingerprint density at radius 3 is 2.57 bits per heavy atom. The fourth-order valence-electron chi connectivity index (χ4n) is 3.48. The molecule has 0 spiro atoms. The maximum absolute atomic E-state index is 13.0. The van der Waals surface area contributed by atoms with E-state index in [-0.39, 0.29) is 17.7 Å². The largest absolute Gasteiger partial charge is 0.493 e. The van der Waals surface area contributed by atoms with Gasteiger partial charge < -0.3 is 9.47 Å². The Labute approximate surface area is 179 Å². The first-order chi connectivity index (χ1) is 14.6. The van der Waals surface area contributed by atoms with Crippen LogP contribution in [0.25, 0.3) is 16.8 Å². The predicted molar refractivity (Wildman–Crippen MR) is 120 cm³/mol. The highest BCUT2D eigenvalue weighted by molar-refractivity contribution is 8.18. The van der Waals surface area contributed by atoms with Gasteiger partial charge in [-0.2, -0.15) is 0 Å². The van der Waals surface area contributed by atoms with Crippen molar-refractivity contribution < 1.29 is 19.1 Å². The van der Waals surface area contributed by atoms with Gasteiger partial charge in [-0.3, -0.25) is 14.5 Å². The Kier molecular flexibility index (Phi) is 5.77. The number of rotatable bonds is 6. The lowest BCUT2D eigenvalue weighted by Crippen LogP contribution is -2.27. The van der Waals surface area contributed by atoms with E-state index in [9.17, 15) is 9.59 Å². The first-order valence-corrected chi connectivity index (χ1v) is 10.5. The number of carbonyl (C=O) groups is 2. The van der Waals surface area contributed by atoms with Crippen molar-refractivity contribution in [1.82, 2.24) is 4.90 Å². The lowest BCUT2D eigenvalue weighted by molar-refractivity contribution is -0.123. The molecule has 30 heavy (non-hydrogen) atoms. The molecule has 0 radical (unpaired) electrons. The molecule has 5 nitrogen and oxygen atoms in total. The number of para-hydroxylation sites is 1. The molecule has 1 aliphatic heterocycles. The van der Waals surface area contributed by atoms with Crippen LogP contribution in [-0.4, -0.2) is 29.8 Å². The van der Waals surface area contributed by atoms with Crippen LogP contribution in [0.15, 0.2) is 65.6 Å². The van der Waals surface area contributed by atoms with Gasteiger partial charge in [-0.1, -0.05) is 54.6 Å². The van der Waals surface area contributed by atoms with Crippen molar-refractivity contribution >= 4 is 39.8 Å². The van der Waals surface area contributed by atoms with Crippen molar-refractivity contribution in [3.05, 3.63) is 76.7 Å². The van der Waals surface area contributed by atoms with Crippen molar-refractivity contribution in [2.45, 2.75) is 13.5 Å². The van der Waals surface area contributed by atoms with Gasteiger partial charge >= 0.3 is 0 Å². The number of hydrogen-bond donors (Lipinski definition) is 0. The van der Waals surface area contributed by atoms with E-state index in [2.05, 4.69) is 0 Å². The van der Waals surface area contributed by atoms with Gasteiger partial charge in [-0.25, -0.2) is 0 Å². The SMILES string of the molecule is CCOc1c(/C=C2\SC(=O)N(Cc3cccc4ccccc34)C2=O)cccc1OC. The van der Waals surface area contributed by atoms with Crippen LogP contribution in [0.2, 0.25) is 0 Å². The number of nitrogens with zero attached hydrogens (tertiary/aromatic N) is 1. The van der Waals surface area contributed by atoms with E-state index in [1.165, 1.54) is 4.90 Å². The van der Waals surface area contributed by atoms with E-state index in [4.69, 9.17) is 9.47 Å². The zero-order valence-electron chi connectivity index (χ0n) is 16.8. The van der Waals surface area contributed by atoms with E-state index in [0.717, 1.165) is 28.1 Å². The molecule has 152 valence electrons. The average molecular weight is 420 g/mol. The molecule has 0 aliphatic carbocycles. The summed E-state index contributed by atoms with van der Waals surface area (Å²) in [5.74, 6) is 0.840. The van der Waals surface area contributed by atoms with Gasteiger partial charge in [0.05, 0.1) is 25.2 Å². The summed E-state index contributed by atoms with van der Waals surface area (Å²) in [4.78, 5) is 27.3. The molecule has 0 bridgehead atoms. The summed E-state index contributed by atoms with van der Waals surface area (Å²) in [6.07, 6.45) is 1.70. The van der Waals surface area contributed by atoms with Gasteiger partial charge in [0.15, 0.2) is 11.5 Å². The summed E-state index contributed by atoms with van der Waals surface area (Å²) in [6.45, 7) is 2.58. The molecule has 6 heteroatoms. The predicted octanol–water partition coefficient (Wildman–Crippen LogP) is 5.48. The highest BCUT2D eigenvalue weighted by Gasteiger charge is 2.35. The minimum Gasteiger partial charge on any atom is -0.493 e. The molecule has 1 aliphatic rings. The number of ether oxygens (including phenoxy) is 2. The highest BCUT2D eigenvalue weighted by Crippen LogP contribution is 2.38. The lowest BCUT2D eigenvalue weighted by Gasteiger charge is -2.14. The summed E-state index contributed by atoms with van der Waals surface area (Å²) >= 11 is 0.944. The summed E-state index contributed by atoms with van der Waals surface area (Å²) in [5, 5.41) is 1.84. The average Bonchev–Trinajstić information content (AvgIpc) is 3.02. The van der Waals surface area contributed by atoms with Gasteiger partial charge in [0.25, 0.3) is 11.1 Å². The van der Waals surface area contributed by atoms with Crippen LogP contribution in [0.3, 0.4) is 0 Å².